The van der Waals surface area contributed by atoms with E-state index >= 15 is 0 Å². The number of thiophene rings is 1. The van der Waals surface area contributed by atoms with Crippen LogP contribution in [0.15, 0.2) is 35.4 Å². The molecule has 0 fully saturated rings. The fourth-order valence-electron chi connectivity index (χ4n) is 2.71. The molecule has 0 unspecified atom stereocenters. The summed E-state index contributed by atoms with van der Waals surface area (Å²) in [4.78, 5) is 42.4. The van der Waals surface area contributed by atoms with E-state index in [0.717, 1.165) is 21.8 Å². The third kappa shape index (κ3) is 4.80. The van der Waals surface area contributed by atoms with Crippen LogP contribution < -0.4 is 15.6 Å². The Balaban J connectivity index is 1.52. The predicted octanol–water partition coefficient (Wildman–Crippen LogP) is 1.94. The fraction of sp³-hybridized carbons (Fsp3) is 0.300. The van der Waals surface area contributed by atoms with Gasteiger partial charge in [0.05, 0.1) is 18.8 Å². The van der Waals surface area contributed by atoms with Gasteiger partial charge in [0, 0.05) is 11.4 Å². The Morgan fingerprint density at radius 3 is 2.62 bits per heavy atom. The molecule has 29 heavy (non-hydrogen) atoms. The van der Waals surface area contributed by atoms with Crippen LogP contribution in [0.4, 0.5) is 0 Å². The summed E-state index contributed by atoms with van der Waals surface area (Å²) >= 11 is 1.44. The first-order valence-electron chi connectivity index (χ1n) is 8.89. The maximum Gasteiger partial charge on any atom is 0.326 e. The average Bonchev–Trinajstić information content (AvgIpc) is 3.01. The number of hydrogen-bond acceptors (Lipinski definition) is 7. The molecule has 0 aliphatic carbocycles. The van der Waals surface area contributed by atoms with Gasteiger partial charge in [-0.15, -0.1) is 11.3 Å². The molecule has 8 nitrogen and oxygen atoms in total. The molecule has 3 rings (SSSR count). The Bertz CT molecular complexity index is 1100. The number of carbonyl (C=O) groups is 2. The molecule has 1 aromatic carbocycles. The Morgan fingerprint density at radius 1 is 1.21 bits per heavy atom. The fourth-order valence-corrected chi connectivity index (χ4v) is 3.70. The van der Waals surface area contributed by atoms with Gasteiger partial charge < -0.3 is 14.8 Å². The van der Waals surface area contributed by atoms with Gasteiger partial charge in [-0.05, 0) is 37.1 Å². The second-order valence-corrected chi connectivity index (χ2v) is 7.63. The van der Waals surface area contributed by atoms with Crippen LogP contribution in [0, 0.1) is 13.8 Å². The summed E-state index contributed by atoms with van der Waals surface area (Å²) in [7, 11) is 1.58. The topological polar surface area (TPSA) is 99.5 Å². The number of nitrogens with zero attached hydrogens (tertiary/aromatic N) is 2. The third-order valence-corrected chi connectivity index (χ3v) is 5.58. The largest absolute Gasteiger partial charge is 0.497 e. The van der Waals surface area contributed by atoms with Crippen LogP contribution in [0.5, 0.6) is 5.75 Å². The van der Waals surface area contributed by atoms with E-state index in [0.29, 0.717) is 16.8 Å². The minimum absolute atomic E-state index is 0.294. The molecular weight excluding hydrogens is 394 g/mol. The Morgan fingerprint density at radius 2 is 1.93 bits per heavy atom. The van der Waals surface area contributed by atoms with Crippen molar-refractivity contribution in [3.8, 4) is 5.75 Å². The number of benzene rings is 1. The molecule has 2 heterocycles. The number of rotatable bonds is 7. The maximum atomic E-state index is 12.6. The second kappa shape index (κ2) is 8.87. The number of aryl methyl sites for hydroxylation is 2. The van der Waals surface area contributed by atoms with Gasteiger partial charge in [-0.3, -0.25) is 19.0 Å². The van der Waals surface area contributed by atoms with Gasteiger partial charge in [-0.1, -0.05) is 12.1 Å². The molecular formula is C20H21N3O5S. The van der Waals surface area contributed by atoms with E-state index in [4.69, 9.17) is 9.47 Å². The molecule has 0 saturated carbocycles. The van der Waals surface area contributed by atoms with Crippen molar-refractivity contribution in [2.45, 2.75) is 26.9 Å². The number of fused-ring (bicyclic) bond motifs is 1. The number of aromatic nitrogens is 2. The van der Waals surface area contributed by atoms with Gasteiger partial charge in [0.2, 0.25) is 0 Å². The van der Waals surface area contributed by atoms with E-state index in [2.05, 4.69) is 10.3 Å². The van der Waals surface area contributed by atoms with Crippen molar-refractivity contribution < 1.29 is 19.1 Å². The second-order valence-electron chi connectivity index (χ2n) is 6.43. The molecule has 0 saturated heterocycles. The highest BCUT2D eigenvalue weighted by Crippen LogP contribution is 2.25. The van der Waals surface area contributed by atoms with Crippen LogP contribution in [0.1, 0.15) is 16.0 Å². The number of amides is 1. The summed E-state index contributed by atoms with van der Waals surface area (Å²) in [6.45, 7) is 3.35. The number of ether oxygens (including phenoxy) is 2. The molecule has 0 radical (unpaired) electrons. The molecule has 0 aliphatic rings. The van der Waals surface area contributed by atoms with Crippen LogP contribution >= 0.6 is 11.3 Å². The van der Waals surface area contributed by atoms with E-state index < -0.39 is 18.5 Å². The molecule has 1 amide bonds. The molecule has 1 N–H and O–H groups in total. The zero-order chi connectivity index (χ0) is 21.0. The minimum Gasteiger partial charge on any atom is -0.497 e. The average molecular weight is 415 g/mol. The molecule has 0 aliphatic heterocycles. The predicted molar refractivity (Wildman–Crippen MR) is 109 cm³/mol. The van der Waals surface area contributed by atoms with E-state index in [9.17, 15) is 14.4 Å². The molecule has 0 atom stereocenters. The van der Waals surface area contributed by atoms with Gasteiger partial charge in [0.15, 0.2) is 6.61 Å². The van der Waals surface area contributed by atoms with Crippen molar-refractivity contribution in [2.24, 2.45) is 0 Å². The summed E-state index contributed by atoms with van der Waals surface area (Å²) in [6.07, 6.45) is 1.32. The van der Waals surface area contributed by atoms with E-state index in [-0.39, 0.29) is 12.1 Å². The monoisotopic (exact) mass is 415 g/mol. The van der Waals surface area contributed by atoms with E-state index in [1.165, 1.54) is 22.2 Å². The van der Waals surface area contributed by atoms with Crippen LogP contribution in [0.25, 0.3) is 10.2 Å². The van der Waals surface area contributed by atoms with Crippen LogP contribution in [-0.2, 0) is 27.4 Å². The highest BCUT2D eigenvalue weighted by molar-refractivity contribution is 7.18. The molecule has 2 aromatic heterocycles. The van der Waals surface area contributed by atoms with Gasteiger partial charge in [-0.25, -0.2) is 4.98 Å². The lowest BCUT2D eigenvalue weighted by Gasteiger charge is -2.08. The van der Waals surface area contributed by atoms with Crippen molar-refractivity contribution in [2.75, 3.05) is 13.7 Å². The van der Waals surface area contributed by atoms with Gasteiger partial charge in [0.25, 0.3) is 11.5 Å². The first-order valence-corrected chi connectivity index (χ1v) is 9.71. The summed E-state index contributed by atoms with van der Waals surface area (Å²) in [5.74, 6) is -0.387. The molecule has 0 bridgehead atoms. The SMILES string of the molecule is COc1ccc(CNC(=O)COC(=O)Cn2cnc3sc(C)c(C)c3c2=O)cc1. The molecule has 152 valence electrons. The summed E-state index contributed by atoms with van der Waals surface area (Å²) < 4.78 is 11.2. The highest BCUT2D eigenvalue weighted by atomic mass is 32.1. The van der Waals surface area contributed by atoms with E-state index in [1.54, 1.807) is 19.2 Å². The molecule has 9 heteroatoms. The Labute approximate surface area is 171 Å². The number of methoxy groups -OCH3 is 1. The zero-order valence-corrected chi connectivity index (χ0v) is 17.2. The number of hydrogen-bond donors (Lipinski definition) is 1. The van der Waals surface area contributed by atoms with Crippen molar-refractivity contribution in [1.82, 2.24) is 14.9 Å². The molecule has 0 spiro atoms. The summed E-state index contributed by atoms with van der Waals surface area (Å²) in [5.41, 5.74) is 1.46. The lowest BCUT2D eigenvalue weighted by molar-refractivity contribution is -0.149. The van der Waals surface area contributed by atoms with Crippen molar-refractivity contribution in [1.29, 1.82) is 0 Å². The van der Waals surface area contributed by atoms with Crippen LogP contribution in [-0.4, -0.2) is 35.1 Å². The maximum absolute atomic E-state index is 12.6. The standard InChI is InChI=1S/C20H21N3O5S/c1-12-13(2)29-19-18(12)20(26)23(11-22-19)9-17(25)28-10-16(24)21-8-14-4-6-15(27-3)7-5-14/h4-7,11H,8-10H2,1-3H3,(H,21,24). The first-order chi connectivity index (χ1) is 13.9. The van der Waals surface area contributed by atoms with Crippen LogP contribution in [0.3, 0.4) is 0 Å². The summed E-state index contributed by atoms with van der Waals surface area (Å²) in [6, 6.07) is 7.24. The lowest BCUT2D eigenvalue weighted by atomic mass is 10.2. The zero-order valence-electron chi connectivity index (χ0n) is 16.4. The van der Waals surface area contributed by atoms with Crippen molar-refractivity contribution in [3.63, 3.8) is 0 Å². The van der Waals surface area contributed by atoms with Crippen LogP contribution in [0.2, 0.25) is 0 Å². The smallest absolute Gasteiger partial charge is 0.326 e. The lowest BCUT2D eigenvalue weighted by Crippen LogP contribution is -2.31. The van der Waals surface area contributed by atoms with Gasteiger partial charge in [-0.2, -0.15) is 0 Å². The Hall–Kier alpha value is -3.20. The van der Waals surface area contributed by atoms with Crippen molar-refractivity contribution in [3.05, 3.63) is 57.0 Å². The third-order valence-electron chi connectivity index (χ3n) is 4.47. The summed E-state index contributed by atoms with van der Waals surface area (Å²) in [5, 5.41) is 3.18. The Kier molecular flexibility index (Phi) is 6.28. The number of carbonyl (C=O) groups excluding carboxylic acids is 2. The normalized spacial score (nSPS) is 10.7. The number of esters is 1. The van der Waals surface area contributed by atoms with E-state index in [1.807, 2.05) is 26.0 Å². The highest BCUT2D eigenvalue weighted by Gasteiger charge is 2.15. The van der Waals surface area contributed by atoms with Crippen molar-refractivity contribution >= 4 is 33.4 Å². The van der Waals surface area contributed by atoms with Gasteiger partial charge in [0.1, 0.15) is 17.1 Å². The van der Waals surface area contributed by atoms with Gasteiger partial charge >= 0.3 is 5.97 Å². The first kappa shape index (κ1) is 20.5. The quantitative estimate of drug-likeness (QED) is 0.592. The molecule has 3 aromatic rings. The number of nitrogens with one attached hydrogen (secondary N) is 1. The minimum atomic E-state index is -0.683.